The highest BCUT2D eigenvalue weighted by Crippen LogP contribution is 2.27. The Labute approximate surface area is 64.0 Å². The lowest BCUT2D eigenvalue weighted by Gasteiger charge is -2.07. The molecule has 0 N–H and O–H groups in total. The monoisotopic (exact) mass is 244 g/mol. The van der Waals surface area contributed by atoms with Gasteiger partial charge in [-0.3, -0.25) is 4.57 Å². The summed E-state index contributed by atoms with van der Waals surface area (Å²) in [5.74, 6) is 0. The van der Waals surface area contributed by atoms with Crippen molar-refractivity contribution in [3.05, 3.63) is 18.7 Å². The van der Waals surface area contributed by atoms with E-state index in [1.54, 1.807) is 0 Å². The highest BCUT2D eigenvalue weighted by Gasteiger charge is 2.24. The topological polar surface area (TPSA) is 17.8 Å². The quantitative estimate of drug-likeness (QED) is 0.544. The zero-order valence-electron chi connectivity index (χ0n) is 4.26. The highest BCUT2D eigenvalue weighted by molar-refractivity contribution is 14.1. The first-order valence-electron chi connectivity index (χ1n) is 2.16. The Morgan fingerprint density at radius 1 is 1.56 bits per heavy atom. The lowest BCUT2D eigenvalue weighted by molar-refractivity contribution is 0.0460. The molecular weight excluding hydrogens is 241 g/mol. The van der Waals surface area contributed by atoms with Gasteiger partial charge in [0.25, 0.3) is 0 Å². The number of nitrogens with zero attached hydrogens (tertiary/aromatic N) is 2. The number of hydrogen-bond acceptors (Lipinski definition) is 1. The summed E-state index contributed by atoms with van der Waals surface area (Å²) >= 11 is 1.03. The molecule has 0 saturated carbocycles. The van der Waals surface area contributed by atoms with Gasteiger partial charge in [-0.05, 0) is 0 Å². The molecule has 0 saturated heterocycles. The van der Waals surface area contributed by atoms with Crippen molar-refractivity contribution in [2.75, 3.05) is 0 Å². The van der Waals surface area contributed by atoms with E-state index in [0.29, 0.717) is 0 Å². The minimum atomic E-state index is -2.85. The molecule has 0 atom stereocenters. The molecule has 0 amide bonds. The molecule has 1 heterocycles. The maximum absolute atomic E-state index is 12.2. The third-order valence-electron chi connectivity index (χ3n) is 0.797. The van der Waals surface area contributed by atoms with Gasteiger partial charge in [0.05, 0.1) is 6.33 Å². The summed E-state index contributed by atoms with van der Waals surface area (Å²) in [6, 6.07) is 0. The molecule has 1 rings (SSSR count). The average Bonchev–Trinajstić information content (AvgIpc) is 2.08. The van der Waals surface area contributed by atoms with Crippen LogP contribution in [0.3, 0.4) is 0 Å². The van der Waals surface area contributed by atoms with Crippen LogP contribution in [0, 0.1) is 0 Å². The molecule has 5 heteroatoms. The van der Waals surface area contributed by atoms with E-state index in [1.807, 2.05) is 0 Å². The summed E-state index contributed by atoms with van der Waals surface area (Å²) in [6.07, 6.45) is 3.60. The van der Waals surface area contributed by atoms with Gasteiger partial charge in [-0.25, -0.2) is 4.98 Å². The Morgan fingerprint density at radius 2 is 2.22 bits per heavy atom. The number of rotatable bonds is 1. The van der Waals surface area contributed by atoms with Crippen molar-refractivity contribution >= 4 is 22.6 Å². The summed E-state index contributed by atoms with van der Waals surface area (Å²) in [4.78, 5) is 3.47. The largest absolute Gasteiger partial charge is 0.381 e. The smallest absolute Gasteiger partial charge is 0.269 e. The van der Waals surface area contributed by atoms with E-state index >= 15 is 0 Å². The number of halogens is 3. The second-order valence-corrected chi connectivity index (χ2v) is 2.74. The fraction of sp³-hybridized carbons (Fsp3) is 0.250. The second kappa shape index (κ2) is 2.20. The number of hydrogen-bond donors (Lipinski definition) is 0. The van der Waals surface area contributed by atoms with E-state index in [1.165, 1.54) is 12.4 Å². The minimum absolute atomic E-state index is 0.730. The molecule has 0 fully saturated rings. The summed E-state index contributed by atoms with van der Waals surface area (Å²) in [5, 5.41) is 0. The minimum Gasteiger partial charge on any atom is -0.269 e. The Bertz CT molecular complexity index is 179. The SMILES string of the molecule is FC(F)(I)n1ccnc1. The van der Waals surface area contributed by atoms with E-state index in [-0.39, 0.29) is 0 Å². The predicted octanol–water partition coefficient (Wildman–Crippen LogP) is 1.82. The standard InChI is InChI=1S/C4H3F2IN2/c5-4(6,7)9-2-1-8-3-9/h1-3H. The van der Waals surface area contributed by atoms with Crippen LogP contribution in [0.25, 0.3) is 0 Å². The average molecular weight is 244 g/mol. The Kier molecular flexibility index (Phi) is 1.69. The molecule has 0 spiro atoms. The summed E-state index contributed by atoms with van der Waals surface area (Å²) in [7, 11) is 0. The van der Waals surface area contributed by atoms with E-state index in [4.69, 9.17) is 0 Å². The molecule has 0 aliphatic heterocycles. The Balaban J connectivity index is 2.90. The van der Waals surface area contributed by atoms with E-state index in [9.17, 15) is 8.78 Å². The van der Waals surface area contributed by atoms with Crippen LogP contribution in [0.1, 0.15) is 0 Å². The molecule has 9 heavy (non-hydrogen) atoms. The fourth-order valence-electron chi connectivity index (χ4n) is 0.409. The van der Waals surface area contributed by atoms with E-state index in [0.717, 1.165) is 33.5 Å². The first-order chi connectivity index (χ1) is 4.11. The molecular formula is C4H3F2IN2. The Morgan fingerprint density at radius 3 is 2.44 bits per heavy atom. The van der Waals surface area contributed by atoms with Crippen LogP contribution in [-0.4, -0.2) is 9.55 Å². The number of aromatic nitrogens is 2. The fourth-order valence-corrected chi connectivity index (χ4v) is 0.694. The molecule has 1 aromatic rings. The van der Waals surface area contributed by atoms with Gasteiger partial charge in [-0.2, -0.15) is 8.78 Å². The van der Waals surface area contributed by atoms with Crippen LogP contribution in [0.2, 0.25) is 0 Å². The highest BCUT2D eigenvalue weighted by atomic mass is 127. The van der Waals surface area contributed by atoms with Gasteiger partial charge in [-0.1, -0.05) is 0 Å². The van der Waals surface area contributed by atoms with Crippen LogP contribution in [0.15, 0.2) is 18.7 Å². The predicted molar refractivity (Wildman–Crippen MR) is 36.4 cm³/mol. The molecule has 0 radical (unpaired) electrons. The van der Waals surface area contributed by atoms with Gasteiger partial charge in [0.1, 0.15) is 0 Å². The summed E-state index contributed by atoms with van der Waals surface area (Å²) < 4.78 is 22.3. The lowest BCUT2D eigenvalue weighted by atomic mass is 10.9. The van der Waals surface area contributed by atoms with E-state index in [2.05, 4.69) is 4.98 Å². The molecule has 0 bridgehead atoms. The van der Waals surface area contributed by atoms with Crippen LogP contribution < -0.4 is 0 Å². The van der Waals surface area contributed by atoms with E-state index < -0.39 is 4.05 Å². The van der Waals surface area contributed by atoms with Gasteiger partial charge in [0.15, 0.2) is 0 Å². The van der Waals surface area contributed by atoms with Gasteiger partial charge >= 0.3 is 4.05 Å². The summed E-state index contributed by atoms with van der Waals surface area (Å²) in [6.45, 7) is 0. The first kappa shape index (κ1) is 6.91. The van der Waals surface area contributed by atoms with Crippen molar-refractivity contribution < 1.29 is 8.78 Å². The van der Waals surface area contributed by atoms with Crippen molar-refractivity contribution in [2.24, 2.45) is 0 Å². The van der Waals surface area contributed by atoms with Crippen LogP contribution in [-0.2, 0) is 4.05 Å². The zero-order valence-corrected chi connectivity index (χ0v) is 6.42. The van der Waals surface area contributed by atoms with Crippen molar-refractivity contribution in [1.82, 2.24) is 9.55 Å². The molecule has 1 aromatic heterocycles. The number of imidazole rings is 1. The van der Waals surface area contributed by atoms with Crippen molar-refractivity contribution in [2.45, 2.75) is 4.05 Å². The second-order valence-electron chi connectivity index (χ2n) is 1.44. The van der Waals surface area contributed by atoms with Crippen molar-refractivity contribution in [3.63, 3.8) is 0 Å². The molecule has 0 aliphatic rings. The molecule has 0 aliphatic carbocycles. The maximum atomic E-state index is 12.2. The third-order valence-corrected chi connectivity index (χ3v) is 1.35. The summed E-state index contributed by atoms with van der Waals surface area (Å²) in [5.41, 5.74) is 0. The van der Waals surface area contributed by atoms with Gasteiger partial charge in [-0.15, -0.1) is 0 Å². The van der Waals surface area contributed by atoms with Crippen molar-refractivity contribution in [3.8, 4) is 0 Å². The molecule has 0 aromatic carbocycles. The molecule has 0 unspecified atom stereocenters. The first-order valence-corrected chi connectivity index (χ1v) is 3.24. The molecule has 50 valence electrons. The van der Waals surface area contributed by atoms with Crippen LogP contribution >= 0.6 is 22.6 Å². The zero-order chi connectivity index (χ0) is 6.91. The van der Waals surface area contributed by atoms with Crippen LogP contribution in [0.5, 0.6) is 0 Å². The normalized spacial score (nSPS) is 11.9. The van der Waals surface area contributed by atoms with Crippen LogP contribution in [0.4, 0.5) is 8.78 Å². The Hall–Kier alpha value is -0.200. The van der Waals surface area contributed by atoms with Gasteiger partial charge < -0.3 is 0 Å². The third kappa shape index (κ3) is 1.60. The maximum Gasteiger partial charge on any atom is 0.381 e. The lowest BCUT2D eigenvalue weighted by Crippen LogP contribution is -2.11. The number of alkyl halides is 3. The van der Waals surface area contributed by atoms with Gasteiger partial charge in [0.2, 0.25) is 0 Å². The van der Waals surface area contributed by atoms with Gasteiger partial charge in [0, 0.05) is 35.0 Å². The van der Waals surface area contributed by atoms with Crippen molar-refractivity contribution in [1.29, 1.82) is 0 Å². The molecule has 2 nitrogen and oxygen atoms in total.